The second kappa shape index (κ2) is 6.46. The van der Waals surface area contributed by atoms with Crippen LogP contribution in [0.5, 0.6) is 0 Å². The van der Waals surface area contributed by atoms with Crippen LogP contribution in [0.3, 0.4) is 0 Å². The van der Waals surface area contributed by atoms with Gasteiger partial charge >= 0.3 is 0 Å². The Hall–Kier alpha value is -0.120. The summed E-state index contributed by atoms with van der Waals surface area (Å²) in [7, 11) is 1.87. The van der Waals surface area contributed by atoms with Gasteiger partial charge in [0.25, 0.3) is 0 Å². The van der Waals surface area contributed by atoms with Crippen molar-refractivity contribution in [1.29, 1.82) is 0 Å². The minimum Gasteiger partial charge on any atom is -0.393 e. The molecule has 0 bridgehead atoms. The number of hydrogen-bond donors (Lipinski definition) is 2. The van der Waals surface area contributed by atoms with Gasteiger partial charge in [0.05, 0.1) is 18.3 Å². The summed E-state index contributed by atoms with van der Waals surface area (Å²) >= 11 is 0. The van der Waals surface area contributed by atoms with Crippen LogP contribution in [-0.2, 0) is 4.74 Å². The fourth-order valence-electron chi connectivity index (χ4n) is 8.62. The Morgan fingerprint density at radius 2 is 1.77 bits per heavy atom. The highest BCUT2D eigenvalue weighted by molar-refractivity contribution is 5.11. The van der Waals surface area contributed by atoms with E-state index in [0.717, 1.165) is 43.6 Å². The van der Waals surface area contributed by atoms with Crippen LogP contribution in [-0.4, -0.2) is 35.6 Å². The van der Waals surface area contributed by atoms with Gasteiger partial charge in [-0.3, -0.25) is 0 Å². The molecule has 0 spiro atoms. The Morgan fingerprint density at radius 3 is 2.46 bits per heavy atom. The minimum absolute atomic E-state index is 0.171. The molecular formula is C23H40O3. The van der Waals surface area contributed by atoms with Gasteiger partial charge in [-0.1, -0.05) is 6.92 Å². The monoisotopic (exact) mass is 364 g/mol. The lowest BCUT2D eigenvalue weighted by Gasteiger charge is -2.62. The first kappa shape index (κ1) is 19.2. The molecule has 4 aliphatic rings. The Morgan fingerprint density at radius 1 is 1.00 bits per heavy atom. The van der Waals surface area contributed by atoms with Crippen LogP contribution in [0.25, 0.3) is 0 Å². The molecule has 26 heavy (non-hydrogen) atoms. The van der Waals surface area contributed by atoms with Gasteiger partial charge in [0.1, 0.15) is 0 Å². The fraction of sp³-hybridized carbons (Fsp3) is 1.00. The van der Waals surface area contributed by atoms with Gasteiger partial charge in [0.2, 0.25) is 0 Å². The number of ether oxygens (including phenoxy) is 1. The van der Waals surface area contributed by atoms with Gasteiger partial charge in [0.15, 0.2) is 0 Å². The van der Waals surface area contributed by atoms with Crippen LogP contribution in [0, 0.1) is 40.4 Å². The summed E-state index contributed by atoms with van der Waals surface area (Å²) in [4.78, 5) is 0. The van der Waals surface area contributed by atoms with Crippen molar-refractivity contribution in [1.82, 2.24) is 0 Å². The van der Waals surface area contributed by atoms with Crippen LogP contribution >= 0.6 is 0 Å². The standard InChI is InChI=1S/C23H40O3/c1-15(24)18-7-8-19-17-6-5-16-13-21(2,25)11-12-23(16,14-26-4)20(17)9-10-22(18,19)3/h15-20,24-25H,5-14H2,1-4H3/t15?,16-,17+,18-,19+,20+,21-,22-,23-/m1/s1. The Bertz CT molecular complexity index is 530. The summed E-state index contributed by atoms with van der Waals surface area (Å²) in [5.41, 5.74) is 0.128. The molecule has 1 unspecified atom stereocenters. The first-order chi connectivity index (χ1) is 12.2. The normalized spacial score (nSPS) is 54.9. The number of fused-ring (bicyclic) bond motifs is 5. The van der Waals surface area contributed by atoms with Crippen molar-refractivity contribution in [3.8, 4) is 0 Å². The van der Waals surface area contributed by atoms with E-state index in [1.54, 1.807) is 0 Å². The lowest BCUT2D eigenvalue weighted by atomic mass is 9.43. The Balaban J connectivity index is 1.64. The van der Waals surface area contributed by atoms with Gasteiger partial charge < -0.3 is 14.9 Å². The molecule has 4 fully saturated rings. The zero-order valence-electron chi connectivity index (χ0n) is 17.3. The topological polar surface area (TPSA) is 49.7 Å². The molecule has 0 aromatic carbocycles. The average molecular weight is 365 g/mol. The first-order valence-electron chi connectivity index (χ1n) is 11.1. The van der Waals surface area contributed by atoms with Crippen molar-refractivity contribution in [3.63, 3.8) is 0 Å². The van der Waals surface area contributed by atoms with Crippen molar-refractivity contribution in [2.45, 2.75) is 90.3 Å². The SMILES string of the molecule is COC[C@]12CC[C@@](C)(O)C[C@H]1CC[C@H]1[C@@H]3CC[C@H](C(C)O)[C@@]3(C)CC[C@@H]12. The second-order valence-electron chi connectivity index (χ2n) is 11.0. The lowest BCUT2D eigenvalue weighted by molar-refractivity contribution is -0.176. The zero-order chi connectivity index (χ0) is 18.7. The molecule has 0 heterocycles. The largest absolute Gasteiger partial charge is 0.393 e. The number of aliphatic hydroxyl groups excluding tert-OH is 1. The Kier molecular flexibility index (Phi) is 4.77. The summed E-state index contributed by atoms with van der Waals surface area (Å²) in [5.74, 6) is 3.43. The summed E-state index contributed by atoms with van der Waals surface area (Å²) < 4.78 is 5.83. The maximum atomic E-state index is 10.7. The molecule has 0 aliphatic heterocycles. The van der Waals surface area contributed by atoms with Crippen LogP contribution in [0.4, 0.5) is 0 Å². The molecule has 4 rings (SSSR count). The Labute approximate surface area is 159 Å². The second-order valence-corrected chi connectivity index (χ2v) is 11.0. The maximum Gasteiger partial charge on any atom is 0.0622 e. The zero-order valence-corrected chi connectivity index (χ0v) is 17.3. The van der Waals surface area contributed by atoms with Gasteiger partial charge in [-0.15, -0.1) is 0 Å². The molecule has 3 nitrogen and oxygen atoms in total. The predicted octanol–water partition coefficient (Wildman–Crippen LogP) is 4.40. The molecule has 0 saturated heterocycles. The van der Waals surface area contributed by atoms with E-state index in [-0.39, 0.29) is 11.5 Å². The molecule has 0 aromatic heterocycles. The quantitative estimate of drug-likeness (QED) is 0.780. The molecule has 3 heteroatoms. The molecule has 0 amide bonds. The van der Waals surface area contributed by atoms with E-state index in [1.165, 1.54) is 38.5 Å². The summed E-state index contributed by atoms with van der Waals surface area (Å²) in [5, 5.41) is 21.1. The predicted molar refractivity (Wildman–Crippen MR) is 104 cm³/mol. The van der Waals surface area contributed by atoms with E-state index in [4.69, 9.17) is 4.74 Å². The molecule has 0 aromatic rings. The van der Waals surface area contributed by atoms with E-state index in [0.29, 0.717) is 17.3 Å². The van der Waals surface area contributed by atoms with E-state index >= 15 is 0 Å². The minimum atomic E-state index is -0.483. The van der Waals surface area contributed by atoms with E-state index in [9.17, 15) is 10.2 Å². The molecule has 150 valence electrons. The molecular weight excluding hydrogens is 324 g/mol. The van der Waals surface area contributed by atoms with E-state index in [2.05, 4.69) is 6.92 Å². The average Bonchev–Trinajstić information content (AvgIpc) is 2.92. The van der Waals surface area contributed by atoms with Crippen molar-refractivity contribution in [3.05, 3.63) is 0 Å². The van der Waals surface area contributed by atoms with Gasteiger partial charge in [0, 0.05) is 7.11 Å². The smallest absolute Gasteiger partial charge is 0.0622 e. The van der Waals surface area contributed by atoms with Crippen LogP contribution in [0.15, 0.2) is 0 Å². The molecule has 2 N–H and O–H groups in total. The molecule has 0 radical (unpaired) electrons. The molecule has 4 saturated carbocycles. The third kappa shape index (κ3) is 2.71. The van der Waals surface area contributed by atoms with Crippen molar-refractivity contribution < 1.29 is 14.9 Å². The number of rotatable bonds is 3. The number of methoxy groups -OCH3 is 1. The highest BCUT2D eigenvalue weighted by Gasteiger charge is 2.62. The third-order valence-corrected chi connectivity index (χ3v) is 9.72. The highest BCUT2D eigenvalue weighted by atomic mass is 16.5. The van der Waals surface area contributed by atoms with Crippen LogP contribution in [0.1, 0.15) is 78.6 Å². The van der Waals surface area contributed by atoms with Crippen LogP contribution < -0.4 is 0 Å². The van der Waals surface area contributed by atoms with Gasteiger partial charge in [-0.2, -0.15) is 0 Å². The van der Waals surface area contributed by atoms with Gasteiger partial charge in [-0.05, 0) is 112 Å². The first-order valence-corrected chi connectivity index (χ1v) is 11.1. The van der Waals surface area contributed by atoms with Crippen molar-refractivity contribution in [2.75, 3.05) is 13.7 Å². The summed E-state index contributed by atoms with van der Waals surface area (Å²) in [6.45, 7) is 7.41. The van der Waals surface area contributed by atoms with Crippen molar-refractivity contribution >= 4 is 0 Å². The van der Waals surface area contributed by atoms with E-state index < -0.39 is 5.60 Å². The highest BCUT2D eigenvalue weighted by Crippen LogP contribution is 2.68. The van der Waals surface area contributed by atoms with Crippen molar-refractivity contribution in [2.24, 2.45) is 40.4 Å². The fourth-order valence-corrected chi connectivity index (χ4v) is 8.62. The number of aliphatic hydroxyl groups is 2. The summed E-state index contributed by atoms with van der Waals surface area (Å²) in [6, 6.07) is 0. The molecule has 9 atom stereocenters. The van der Waals surface area contributed by atoms with Gasteiger partial charge in [-0.25, -0.2) is 0 Å². The maximum absolute atomic E-state index is 10.7. The third-order valence-electron chi connectivity index (χ3n) is 9.72. The number of hydrogen-bond acceptors (Lipinski definition) is 3. The van der Waals surface area contributed by atoms with E-state index in [1.807, 2.05) is 21.0 Å². The summed E-state index contributed by atoms with van der Waals surface area (Å²) in [6.07, 6.45) is 10.5. The lowest BCUT2D eigenvalue weighted by Crippen LogP contribution is -2.58. The van der Waals surface area contributed by atoms with Crippen LogP contribution in [0.2, 0.25) is 0 Å². The molecule has 4 aliphatic carbocycles.